The molecule has 1 heterocycles. The van der Waals surface area contributed by atoms with Crippen LogP contribution in [0.1, 0.15) is 16.7 Å². The summed E-state index contributed by atoms with van der Waals surface area (Å²) in [6.45, 7) is -0.581. The van der Waals surface area contributed by atoms with E-state index in [1.807, 2.05) is 24.3 Å². The standard InChI is InChI=1S/C18H17BrF2N2O2/c1-11-7-13(5-6-15(11)25-17(20)21)18(10-24-9-16(22)23-18)12-3-2-4-14(19)8-12/h2-8,17H,9-10H2,1H3,(H2,22,23). The maximum atomic E-state index is 12.5. The molecule has 0 radical (unpaired) electrons. The van der Waals surface area contributed by atoms with Gasteiger partial charge in [0.2, 0.25) is 0 Å². The van der Waals surface area contributed by atoms with Gasteiger partial charge in [-0.2, -0.15) is 8.78 Å². The van der Waals surface area contributed by atoms with Crippen molar-refractivity contribution in [1.29, 1.82) is 0 Å². The highest BCUT2D eigenvalue weighted by atomic mass is 79.9. The van der Waals surface area contributed by atoms with Crippen LogP contribution in [-0.4, -0.2) is 25.7 Å². The summed E-state index contributed by atoms with van der Waals surface area (Å²) < 4.78 is 36.1. The number of amidine groups is 1. The SMILES string of the molecule is Cc1cc(C2(c3cccc(Br)c3)COCC(N)=N2)ccc1OC(F)F. The van der Waals surface area contributed by atoms with Crippen molar-refractivity contribution in [2.45, 2.75) is 19.1 Å². The molecule has 3 rings (SSSR count). The van der Waals surface area contributed by atoms with Crippen LogP contribution in [0.5, 0.6) is 5.75 Å². The van der Waals surface area contributed by atoms with E-state index >= 15 is 0 Å². The number of aryl methyl sites for hydroxylation is 1. The Bertz CT molecular complexity index is 813. The Morgan fingerprint density at radius 1 is 1.24 bits per heavy atom. The number of aliphatic imine (C=N–C) groups is 1. The summed E-state index contributed by atoms with van der Waals surface area (Å²) in [7, 11) is 0. The molecular formula is C18H17BrF2N2O2. The molecule has 2 aromatic carbocycles. The number of nitrogens with zero attached hydrogens (tertiary/aromatic N) is 1. The van der Waals surface area contributed by atoms with Gasteiger partial charge in [-0.1, -0.05) is 34.1 Å². The lowest BCUT2D eigenvalue weighted by molar-refractivity contribution is -0.0503. The van der Waals surface area contributed by atoms with Crippen molar-refractivity contribution >= 4 is 21.8 Å². The summed E-state index contributed by atoms with van der Waals surface area (Å²) in [6.07, 6.45) is 0. The number of rotatable bonds is 4. The van der Waals surface area contributed by atoms with Crippen LogP contribution in [0.3, 0.4) is 0 Å². The molecule has 1 aliphatic heterocycles. The zero-order chi connectivity index (χ0) is 18.0. The van der Waals surface area contributed by atoms with E-state index in [0.29, 0.717) is 18.0 Å². The largest absolute Gasteiger partial charge is 0.435 e. The summed E-state index contributed by atoms with van der Waals surface area (Å²) in [5, 5.41) is 0. The maximum absolute atomic E-state index is 12.5. The zero-order valence-electron chi connectivity index (χ0n) is 13.5. The molecule has 2 aromatic rings. The molecule has 0 fully saturated rings. The molecule has 0 saturated heterocycles. The summed E-state index contributed by atoms with van der Waals surface area (Å²) in [4.78, 5) is 4.69. The zero-order valence-corrected chi connectivity index (χ0v) is 15.1. The molecule has 132 valence electrons. The number of hydrogen-bond donors (Lipinski definition) is 1. The Morgan fingerprint density at radius 3 is 2.64 bits per heavy atom. The predicted molar refractivity (Wildman–Crippen MR) is 95.2 cm³/mol. The van der Waals surface area contributed by atoms with Gasteiger partial charge in [0, 0.05) is 4.47 Å². The molecule has 25 heavy (non-hydrogen) atoms. The Morgan fingerprint density at radius 2 is 2.00 bits per heavy atom. The first-order chi connectivity index (χ1) is 11.9. The van der Waals surface area contributed by atoms with Gasteiger partial charge in [-0.3, -0.25) is 4.99 Å². The third kappa shape index (κ3) is 3.67. The minimum Gasteiger partial charge on any atom is -0.435 e. The molecule has 1 unspecified atom stereocenters. The van der Waals surface area contributed by atoms with Crippen LogP contribution in [0.2, 0.25) is 0 Å². The second-order valence-electron chi connectivity index (χ2n) is 5.83. The average Bonchev–Trinajstić information content (AvgIpc) is 2.56. The highest BCUT2D eigenvalue weighted by Crippen LogP contribution is 2.39. The topological polar surface area (TPSA) is 56.8 Å². The van der Waals surface area contributed by atoms with Crippen molar-refractivity contribution in [2.24, 2.45) is 10.7 Å². The molecule has 0 spiro atoms. The molecule has 2 N–H and O–H groups in total. The molecule has 0 aromatic heterocycles. The predicted octanol–water partition coefficient (Wildman–Crippen LogP) is 3.99. The van der Waals surface area contributed by atoms with Crippen molar-refractivity contribution in [2.75, 3.05) is 13.2 Å². The summed E-state index contributed by atoms with van der Waals surface area (Å²) in [5.41, 5.74) is 7.40. The van der Waals surface area contributed by atoms with Gasteiger partial charge in [0.05, 0.1) is 6.61 Å². The second-order valence-corrected chi connectivity index (χ2v) is 6.74. The molecule has 4 nitrogen and oxygen atoms in total. The lowest BCUT2D eigenvalue weighted by Crippen LogP contribution is -2.40. The molecule has 1 aliphatic rings. The first-order valence-corrected chi connectivity index (χ1v) is 8.44. The van der Waals surface area contributed by atoms with Crippen LogP contribution in [0, 0.1) is 6.92 Å². The average molecular weight is 411 g/mol. The third-order valence-corrected chi connectivity index (χ3v) is 4.56. The Balaban J connectivity index is 2.13. The third-order valence-electron chi connectivity index (χ3n) is 4.07. The summed E-state index contributed by atoms with van der Waals surface area (Å²) in [5.74, 6) is 0.522. The van der Waals surface area contributed by atoms with Crippen LogP contribution in [-0.2, 0) is 10.3 Å². The van der Waals surface area contributed by atoms with Gasteiger partial charge in [0.1, 0.15) is 23.7 Å². The number of halogens is 3. The van der Waals surface area contributed by atoms with Crippen LogP contribution < -0.4 is 10.5 Å². The Kier molecular flexibility index (Phi) is 5.06. The van der Waals surface area contributed by atoms with Gasteiger partial charge < -0.3 is 15.2 Å². The molecule has 0 amide bonds. The van der Waals surface area contributed by atoms with Gasteiger partial charge >= 0.3 is 6.61 Å². The van der Waals surface area contributed by atoms with E-state index in [1.165, 1.54) is 6.07 Å². The fourth-order valence-corrected chi connectivity index (χ4v) is 3.36. The van der Waals surface area contributed by atoms with E-state index in [1.54, 1.807) is 19.1 Å². The highest BCUT2D eigenvalue weighted by molar-refractivity contribution is 9.10. The monoisotopic (exact) mass is 410 g/mol. The number of ether oxygens (including phenoxy) is 2. The van der Waals surface area contributed by atoms with Gasteiger partial charge in [-0.25, -0.2) is 0 Å². The fraction of sp³-hybridized carbons (Fsp3) is 0.278. The molecule has 0 aliphatic carbocycles. The molecular weight excluding hydrogens is 394 g/mol. The minimum atomic E-state index is -2.87. The number of hydrogen-bond acceptors (Lipinski definition) is 4. The Hall–Kier alpha value is -1.99. The Labute approximate surface area is 152 Å². The van der Waals surface area contributed by atoms with Gasteiger partial charge in [0.15, 0.2) is 0 Å². The van der Waals surface area contributed by atoms with E-state index in [-0.39, 0.29) is 12.4 Å². The lowest BCUT2D eigenvalue weighted by Gasteiger charge is -2.35. The second kappa shape index (κ2) is 7.09. The van der Waals surface area contributed by atoms with E-state index in [4.69, 9.17) is 10.5 Å². The highest BCUT2D eigenvalue weighted by Gasteiger charge is 2.37. The first kappa shape index (κ1) is 17.8. The van der Waals surface area contributed by atoms with Crippen LogP contribution in [0.4, 0.5) is 8.78 Å². The number of alkyl halides is 2. The van der Waals surface area contributed by atoms with E-state index in [9.17, 15) is 8.78 Å². The van der Waals surface area contributed by atoms with E-state index < -0.39 is 12.2 Å². The van der Waals surface area contributed by atoms with Crippen LogP contribution in [0.15, 0.2) is 51.9 Å². The molecule has 0 saturated carbocycles. The smallest absolute Gasteiger partial charge is 0.387 e. The quantitative estimate of drug-likeness (QED) is 0.828. The lowest BCUT2D eigenvalue weighted by atomic mass is 9.82. The van der Waals surface area contributed by atoms with E-state index in [2.05, 4.69) is 25.7 Å². The van der Waals surface area contributed by atoms with Crippen molar-refractivity contribution in [1.82, 2.24) is 0 Å². The van der Waals surface area contributed by atoms with Crippen molar-refractivity contribution < 1.29 is 18.3 Å². The summed E-state index contributed by atoms with van der Waals surface area (Å²) >= 11 is 3.47. The molecule has 1 atom stereocenters. The minimum absolute atomic E-state index is 0.136. The van der Waals surface area contributed by atoms with Crippen LogP contribution >= 0.6 is 15.9 Å². The number of nitrogens with two attached hydrogens (primary N) is 1. The van der Waals surface area contributed by atoms with Gasteiger partial charge in [0.25, 0.3) is 0 Å². The molecule has 0 bridgehead atoms. The van der Waals surface area contributed by atoms with Crippen LogP contribution in [0.25, 0.3) is 0 Å². The van der Waals surface area contributed by atoms with Crippen molar-refractivity contribution in [3.63, 3.8) is 0 Å². The number of benzene rings is 2. The van der Waals surface area contributed by atoms with Gasteiger partial charge in [-0.15, -0.1) is 0 Å². The fourth-order valence-electron chi connectivity index (χ4n) is 2.96. The van der Waals surface area contributed by atoms with Gasteiger partial charge in [-0.05, 0) is 47.9 Å². The summed E-state index contributed by atoms with van der Waals surface area (Å²) in [6, 6.07) is 12.7. The maximum Gasteiger partial charge on any atom is 0.387 e. The first-order valence-electron chi connectivity index (χ1n) is 7.64. The molecule has 7 heteroatoms. The van der Waals surface area contributed by atoms with Crippen molar-refractivity contribution in [3.8, 4) is 5.75 Å². The van der Waals surface area contributed by atoms with Crippen molar-refractivity contribution in [3.05, 3.63) is 63.6 Å². The van der Waals surface area contributed by atoms with E-state index in [0.717, 1.165) is 15.6 Å². The normalized spacial score (nSPS) is 20.4.